The molecule has 1 aromatic carbocycles. The second kappa shape index (κ2) is 7.15. The van der Waals surface area contributed by atoms with Gasteiger partial charge >= 0.3 is 11.8 Å². The van der Waals surface area contributed by atoms with Crippen molar-refractivity contribution >= 4 is 39.1 Å². The molecule has 25 heavy (non-hydrogen) atoms. The van der Waals surface area contributed by atoms with Crippen molar-refractivity contribution in [3.8, 4) is 23.1 Å². The van der Waals surface area contributed by atoms with Crippen LogP contribution in [0.5, 0.6) is 11.8 Å². The summed E-state index contributed by atoms with van der Waals surface area (Å²) < 4.78 is 10.9. The highest BCUT2D eigenvalue weighted by atomic mass is 79.9. The van der Waals surface area contributed by atoms with Crippen LogP contribution in [0.1, 0.15) is 25.5 Å². The third kappa shape index (κ3) is 3.86. The molecule has 0 fully saturated rings. The molecule has 0 aliphatic rings. The van der Waals surface area contributed by atoms with Crippen LogP contribution in [-0.2, 0) is 0 Å². The lowest BCUT2D eigenvalue weighted by atomic mass is 10.1. The zero-order valence-electron chi connectivity index (χ0n) is 13.0. The lowest BCUT2D eigenvalue weighted by Crippen LogP contribution is -2.00. The average molecular weight is 446 g/mol. The Balaban J connectivity index is 1.96. The number of H-pyrrole nitrogens is 1. The van der Waals surface area contributed by atoms with Crippen LogP contribution in [0.4, 0.5) is 0 Å². The van der Waals surface area contributed by atoms with E-state index in [2.05, 4.69) is 40.6 Å². The molecule has 0 saturated heterocycles. The largest absolute Gasteiger partial charge is 0.439 e. The van der Waals surface area contributed by atoms with Crippen LogP contribution in [0.2, 0.25) is 10.0 Å². The SMILES string of the molecule is CC(C)c1nc(Oc2c(Cl)cc(-c3noc(=O)[nH]3)cc2Cl)ncc1Br. The van der Waals surface area contributed by atoms with Crippen molar-refractivity contribution < 1.29 is 9.26 Å². The van der Waals surface area contributed by atoms with Gasteiger partial charge in [-0.25, -0.2) is 9.78 Å². The van der Waals surface area contributed by atoms with E-state index in [1.807, 2.05) is 13.8 Å². The van der Waals surface area contributed by atoms with Gasteiger partial charge in [0.1, 0.15) is 0 Å². The number of aromatic nitrogens is 4. The van der Waals surface area contributed by atoms with Gasteiger partial charge in [0.15, 0.2) is 11.6 Å². The summed E-state index contributed by atoms with van der Waals surface area (Å²) in [6.07, 6.45) is 1.61. The molecule has 1 N–H and O–H groups in total. The fourth-order valence-corrected chi connectivity index (χ4v) is 3.27. The molecule has 0 saturated carbocycles. The number of hydrogen-bond donors (Lipinski definition) is 1. The summed E-state index contributed by atoms with van der Waals surface area (Å²) in [5, 5.41) is 4.02. The van der Waals surface area contributed by atoms with E-state index in [4.69, 9.17) is 27.9 Å². The quantitative estimate of drug-likeness (QED) is 0.619. The maximum absolute atomic E-state index is 11.1. The fraction of sp³-hybridized carbons (Fsp3) is 0.200. The Morgan fingerprint density at radius 1 is 1.28 bits per heavy atom. The first-order valence-electron chi connectivity index (χ1n) is 7.11. The third-order valence-corrected chi connectivity index (χ3v) is 4.37. The molecule has 130 valence electrons. The molecule has 0 unspecified atom stereocenters. The Morgan fingerprint density at radius 3 is 2.52 bits per heavy atom. The van der Waals surface area contributed by atoms with E-state index < -0.39 is 5.76 Å². The van der Waals surface area contributed by atoms with Crippen LogP contribution in [-0.4, -0.2) is 20.1 Å². The molecule has 0 amide bonds. The second-order valence-corrected chi connectivity index (χ2v) is 7.02. The fourth-order valence-electron chi connectivity index (χ4n) is 2.06. The monoisotopic (exact) mass is 444 g/mol. The molecular formula is C15H11BrCl2N4O3. The van der Waals surface area contributed by atoms with Gasteiger partial charge in [-0.2, -0.15) is 4.98 Å². The number of rotatable bonds is 4. The molecule has 0 aliphatic carbocycles. The van der Waals surface area contributed by atoms with Gasteiger partial charge in [-0.3, -0.25) is 9.51 Å². The molecule has 7 nitrogen and oxygen atoms in total. The molecular weight excluding hydrogens is 435 g/mol. The van der Waals surface area contributed by atoms with Gasteiger partial charge in [-0.1, -0.05) is 42.2 Å². The van der Waals surface area contributed by atoms with Crippen molar-refractivity contribution in [3.63, 3.8) is 0 Å². The Morgan fingerprint density at radius 2 is 1.96 bits per heavy atom. The predicted molar refractivity (Wildman–Crippen MR) is 96.5 cm³/mol. The minimum Gasteiger partial charge on any atom is -0.421 e. The van der Waals surface area contributed by atoms with E-state index in [0.29, 0.717) is 5.56 Å². The Bertz CT molecular complexity index is 964. The van der Waals surface area contributed by atoms with Gasteiger partial charge in [-0.15, -0.1) is 0 Å². The summed E-state index contributed by atoms with van der Waals surface area (Å²) in [7, 11) is 0. The van der Waals surface area contributed by atoms with Crippen LogP contribution in [0.15, 0.2) is 32.1 Å². The highest BCUT2D eigenvalue weighted by Gasteiger charge is 2.16. The Hall–Kier alpha value is -1.90. The lowest BCUT2D eigenvalue weighted by molar-refractivity contribution is 0.388. The zero-order chi connectivity index (χ0) is 18.1. The molecule has 0 atom stereocenters. The molecule has 0 radical (unpaired) electrons. The lowest BCUT2D eigenvalue weighted by Gasteiger charge is -2.12. The first-order valence-corrected chi connectivity index (χ1v) is 8.65. The highest BCUT2D eigenvalue weighted by molar-refractivity contribution is 9.10. The molecule has 2 aromatic heterocycles. The minimum atomic E-state index is -0.674. The van der Waals surface area contributed by atoms with Gasteiger partial charge in [0.05, 0.1) is 20.2 Å². The Kier molecular flexibility index (Phi) is 5.12. The number of benzene rings is 1. The van der Waals surface area contributed by atoms with Gasteiger partial charge in [0.25, 0.3) is 0 Å². The number of nitrogens with one attached hydrogen (secondary N) is 1. The number of halogens is 3. The summed E-state index contributed by atoms with van der Waals surface area (Å²) in [5.41, 5.74) is 1.28. The highest BCUT2D eigenvalue weighted by Crippen LogP contribution is 2.39. The maximum Gasteiger partial charge on any atom is 0.439 e. The minimum absolute atomic E-state index is 0.123. The summed E-state index contributed by atoms with van der Waals surface area (Å²) in [6.45, 7) is 4.01. The van der Waals surface area contributed by atoms with Crippen molar-refractivity contribution in [2.45, 2.75) is 19.8 Å². The topological polar surface area (TPSA) is 93.9 Å². The molecule has 3 aromatic rings. The van der Waals surface area contributed by atoms with E-state index in [1.165, 1.54) is 0 Å². The van der Waals surface area contributed by atoms with Crippen molar-refractivity contribution in [3.05, 3.63) is 49.1 Å². The molecule has 10 heteroatoms. The zero-order valence-corrected chi connectivity index (χ0v) is 16.1. The van der Waals surface area contributed by atoms with Crippen LogP contribution in [0.3, 0.4) is 0 Å². The number of aromatic amines is 1. The third-order valence-electron chi connectivity index (χ3n) is 3.20. The van der Waals surface area contributed by atoms with Crippen LogP contribution < -0.4 is 10.5 Å². The smallest absolute Gasteiger partial charge is 0.421 e. The normalized spacial score (nSPS) is 11.1. The van der Waals surface area contributed by atoms with Crippen molar-refractivity contribution in [2.24, 2.45) is 0 Å². The van der Waals surface area contributed by atoms with Crippen molar-refractivity contribution in [1.82, 2.24) is 20.1 Å². The predicted octanol–water partition coefficient (Wildman–Crippen LogP) is 4.80. The Labute approximate surface area is 160 Å². The summed E-state index contributed by atoms with van der Waals surface area (Å²) in [4.78, 5) is 22.0. The standard InChI is InChI=1S/C15H11BrCl2N4O3/c1-6(2)11-8(16)5-19-14(20-11)24-12-9(17)3-7(4-10(12)18)13-21-15(23)25-22-13/h3-6H,1-2H3,(H,21,22,23). The average Bonchev–Trinajstić information content (AvgIpc) is 2.98. The van der Waals surface area contributed by atoms with Crippen molar-refractivity contribution in [1.29, 1.82) is 0 Å². The van der Waals surface area contributed by atoms with E-state index >= 15 is 0 Å². The van der Waals surface area contributed by atoms with Gasteiger partial charge in [0, 0.05) is 11.8 Å². The molecule has 0 bridgehead atoms. The van der Waals surface area contributed by atoms with E-state index in [1.54, 1.807) is 18.3 Å². The van der Waals surface area contributed by atoms with Crippen LogP contribution >= 0.6 is 39.1 Å². The van der Waals surface area contributed by atoms with E-state index in [9.17, 15) is 4.79 Å². The molecule has 3 rings (SSSR count). The number of nitrogens with zero attached hydrogens (tertiary/aromatic N) is 3. The maximum atomic E-state index is 11.1. The summed E-state index contributed by atoms with van der Waals surface area (Å²) in [6, 6.07) is 3.20. The van der Waals surface area contributed by atoms with Crippen molar-refractivity contribution in [2.75, 3.05) is 0 Å². The summed E-state index contributed by atoms with van der Waals surface area (Å²) in [5.74, 6) is -0.0821. The van der Waals surface area contributed by atoms with Crippen LogP contribution in [0, 0.1) is 0 Å². The number of ether oxygens (including phenoxy) is 1. The molecule has 2 heterocycles. The second-order valence-electron chi connectivity index (χ2n) is 5.36. The van der Waals surface area contributed by atoms with E-state index in [0.717, 1.165) is 10.2 Å². The van der Waals surface area contributed by atoms with Gasteiger partial charge in [0.2, 0.25) is 0 Å². The summed E-state index contributed by atoms with van der Waals surface area (Å²) >= 11 is 15.9. The van der Waals surface area contributed by atoms with E-state index in [-0.39, 0.29) is 33.5 Å². The first-order chi connectivity index (χ1) is 11.8. The number of hydrogen-bond acceptors (Lipinski definition) is 6. The van der Waals surface area contributed by atoms with Crippen LogP contribution in [0.25, 0.3) is 11.4 Å². The molecule has 0 aliphatic heterocycles. The molecule has 0 spiro atoms. The van der Waals surface area contributed by atoms with Gasteiger partial charge < -0.3 is 4.74 Å². The first kappa shape index (κ1) is 17.9. The van der Waals surface area contributed by atoms with Gasteiger partial charge in [-0.05, 0) is 34.0 Å².